The van der Waals surface area contributed by atoms with E-state index in [9.17, 15) is 0 Å². The minimum absolute atomic E-state index is 0.601. The van der Waals surface area contributed by atoms with Crippen LogP contribution in [0.5, 0.6) is 5.75 Å². The van der Waals surface area contributed by atoms with Crippen molar-refractivity contribution in [2.45, 2.75) is 65.0 Å². The monoisotopic (exact) mass is 263 g/mol. The number of rotatable bonds is 10. The molecule has 1 unspecified atom stereocenters. The van der Waals surface area contributed by atoms with Gasteiger partial charge in [-0.15, -0.1) is 0 Å². The van der Waals surface area contributed by atoms with E-state index in [1.807, 2.05) is 12.1 Å². The van der Waals surface area contributed by atoms with E-state index < -0.39 is 0 Å². The van der Waals surface area contributed by atoms with E-state index in [-0.39, 0.29) is 0 Å². The first kappa shape index (κ1) is 16.0. The van der Waals surface area contributed by atoms with Crippen LogP contribution in [-0.2, 0) is 6.54 Å². The van der Waals surface area contributed by atoms with E-state index in [2.05, 4.69) is 31.3 Å². The second kappa shape index (κ2) is 9.85. The van der Waals surface area contributed by atoms with Gasteiger partial charge in [-0.1, -0.05) is 51.2 Å². The summed E-state index contributed by atoms with van der Waals surface area (Å²) < 4.78 is 5.16. The Hall–Kier alpha value is -1.02. The van der Waals surface area contributed by atoms with Crippen molar-refractivity contribution in [2.75, 3.05) is 7.11 Å². The average Bonchev–Trinajstić information content (AvgIpc) is 2.45. The van der Waals surface area contributed by atoms with Crippen molar-refractivity contribution in [3.63, 3.8) is 0 Å². The first-order valence-corrected chi connectivity index (χ1v) is 7.62. The summed E-state index contributed by atoms with van der Waals surface area (Å²) in [7, 11) is 1.70. The molecule has 1 aromatic carbocycles. The zero-order chi connectivity index (χ0) is 13.9. The lowest BCUT2D eigenvalue weighted by Gasteiger charge is -2.14. The lowest BCUT2D eigenvalue weighted by atomic mass is 10.1. The van der Waals surface area contributed by atoms with Gasteiger partial charge in [-0.25, -0.2) is 0 Å². The minimum atomic E-state index is 0.601. The van der Waals surface area contributed by atoms with Crippen molar-refractivity contribution in [2.24, 2.45) is 0 Å². The van der Waals surface area contributed by atoms with Gasteiger partial charge in [0, 0.05) is 12.6 Å². The van der Waals surface area contributed by atoms with Crippen LogP contribution < -0.4 is 10.1 Å². The van der Waals surface area contributed by atoms with E-state index in [1.54, 1.807) is 7.11 Å². The molecule has 1 atom stereocenters. The van der Waals surface area contributed by atoms with Crippen LogP contribution >= 0.6 is 0 Å². The number of unbranched alkanes of at least 4 members (excludes halogenated alkanes) is 4. The van der Waals surface area contributed by atoms with E-state index >= 15 is 0 Å². The Morgan fingerprint density at radius 3 is 2.37 bits per heavy atom. The molecule has 2 heteroatoms. The van der Waals surface area contributed by atoms with Gasteiger partial charge in [-0.05, 0) is 31.0 Å². The van der Waals surface area contributed by atoms with Gasteiger partial charge in [-0.3, -0.25) is 0 Å². The van der Waals surface area contributed by atoms with E-state index in [4.69, 9.17) is 4.74 Å². The van der Waals surface area contributed by atoms with Crippen molar-refractivity contribution in [1.29, 1.82) is 0 Å². The maximum atomic E-state index is 5.16. The summed E-state index contributed by atoms with van der Waals surface area (Å²) in [6.45, 7) is 5.49. The van der Waals surface area contributed by atoms with Crippen molar-refractivity contribution in [1.82, 2.24) is 5.32 Å². The quantitative estimate of drug-likeness (QED) is 0.626. The summed E-state index contributed by atoms with van der Waals surface area (Å²) in [4.78, 5) is 0. The Labute approximate surface area is 118 Å². The molecule has 0 saturated heterocycles. The third-order valence-corrected chi connectivity index (χ3v) is 3.55. The maximum absolute atomic E-state index is 5.16. The predicted molar refractivity (Wildman–Crippen MR) is 82.7 cm³/mol. The lowest BCUT2D eigenvalue weighted by Crippen LogP contribution is -2.25. The lowest BCUT2D eigenvalue weighted by molar-refractivity contribution is 0.414. The second-order valence-corrected chi connectivity index (χ2v) is 5.33. The Morgan fingerprint density at radius 2 is 1.74 bits per heavy atom. The largest absolute Gasteiger partial charge is 0.497 e. The molecule has 0 heterocycles. The van der Waals surface area contributed by atoms with Crippen LogP contribution in [0, 0.1) is 0 Å². The SMILES string of the molecule is CCCCCCCC(C)NCc1ccc(OC)cc1. The summed E-state index contributed by atoms with van der Waals surface area (Å²) in [5, 5.41) is 3.59. The molecule has 1 N–H and O–H groups in total. The number of ether oxygens (including phenoxy) is 1. The highest BCUT2D eigenvalue weighted by atomic mass is 16.5. The van der Waals surface area contributed by atoms with Crippen molar-refractivity contribution < 1.29 is 4.74 Å². The van der Waals surface area contributed by atoms with Gasteiger partial charge in [0.05, 0.1) is 7.11 Å². The molecular weight excluding hydrogens is 234 g/mol. The molecule has 0 saturated carbocycles. The molecule has 0 aromatic heterocycles. The molecule has 0 spiro atoms. The number of hydrogen-bond donors (Lipinski definition) is 1. The molecule has 0 fully saturated rings. The van der Waals surface area contributed by atoms with Gasteiger partial charge in [0.25, 0.3) is 0 Å². The highest BCUT2D eigenvalue weighted by Gasteiger charge is 2.01. The number of benzene rings is 1. The molecule has 108 valence electrons. The summed E-state index contributed by atoms with van der Waals surface area (Å²) in [5.74, 6) is 0.924. The van der Waals surface area contributed by atoms with Crippen molar-refractivity contribution >= 4 is 0 Å². The molecule has 1 rings (SSSR count). The van der Waals surface area contributed by atoms with Gasteiger partial charge in [0.2, 0.25) is 0 Å². The van der Waals surface area contributed by atoms with Gasteiger partial charge >= 0.3 is 0 Å². The van der Waals surface area contributed by atoms with Crippen molar-refractivity contribution in [3.05, 3.63) is 29.8 Å². The van der Waals surface area contributed by atoms with Gasteiger partial charge in [0.15, 0.2) is 0 Å². The molecule has 0 aliphatic heterocycles. The van der Waals surface area contributed by atoms with Crippen LogP contribution in [-0.4, -0.2) is 13.2 Å². The summed E-state index contributed by atoms with van der Waals surface area (Å²) in [6.07, 6.45) is 8.10. The first-order valence-electron chi connectivity index (χ1n) is 7.62. The molecular formula is C17H29NO. The van der Waals surface area contributed by atoms with Crippen molar-refractivity contribution in [3.8, 4) is 5.75 Å². The molecule has 0 amide bonds. The third-order valence-electron chi connectivity index (χ3n) is 3.55. The van der Waals surface area contributed by atoms with E-state index in [1.165, 1.54) is 44.1 Å². The number of nitrogens with one attached hydrogen (secondary N) is 1. The average molecular weight is 263 g/mol. The highest BCUT2D eigenvalue weighted by molar-refractivity contribution is 5.26. The Morgan fingerprint density at radius 1 is 1.05 bits per heavy atom. The fourth-order valence-electron chi connectivity index (χ4n) is 2.19. The molecule has 0 bridgehead atoms. The number of hydrogen-bond acceptors (Lipinski definition) is 2. The third kappa shape index (κ3) is 7.22. The molecule has 0 aliphatic rings. The van der Waals surface area contributed by atoms with E-state index in [0.717, 1.165) is 12.3 Å². The molecule has 2 nitrogen and oxygen atoms in total. The standard InChI is InChI=1S/C17H29NO/c1-4-5-6-7-8-9-15(2)18-14-16-10-12-17(19-3)13-11-16/h10-13,15,18H,4-9,14H2,1-3H3. The zero-order valence-electron chi connectivity index (χ0n) is 12.7. The second-order valence-electron chi connectivity index (χ2n) is 5.33. The van der Waals surface area contributed by atoms with Gasteiger partial charge in [-0.2, -0.15) is 0 Å². The van der Waals surface area contributed by atoms with Crippen LogP contribution in [0.2, 0.25) is 0 Å². The number of methoxy groups -OCH3 is 1. The van der Waals surface area contributed by atoms with Crippen LogP contribution in [0.4, 0.5) is 0 Å². The first-order chi connectivity index (χ1) is 9.26. The van der Waals surface area contributed by atoms with Crippen LogP contribution in [0.25, 0.3) is 0 Å². The smallest absolute Gasteiger partial charge is 0.118 e. The normalized spacial score (nSPS) is 12.4. The summed E-state index contributed by atoms with van der Waals surface area (Å²) in [6, 6.07) is 8.89. The topological polar surface area (TPSA) is 21.3 Å². The molecule has 0 aliphatic carbocycles. The van der Waals surface area contributed by atoms with Crippen LogP contribution in [0.1, 0.15) is 57.9 Å². The van der Waals surface area contributed by atoms with Gasteiger partial charge in [0.1, 0.15) is 5.75 Å². The van der Waals surface area contributed by atoms with E-state index in [0.29, 0.717) is 6.04 Å². The van der Waals surface area contributed by atoms with Crippen LogP contribution in [0.3, 0.4) is 0 Å². The molecule has 19 heavy (non-hydrogen) atoms. The Kier molecular flexibility index (Phi) is 8.31. The molecule has 0 radical (unpaired) electrons. The fraction of sp³-hybridized carbons (Fsp3) is 0.647. The summed E-state index contributed by atoms with van der Waals surface area (Å²) in [5.41, 5.74) is 1.32. The summed E-state index contributed by atoms with van der Waals surface area (Å²) >= 11 is 0. The van der Waals surface area contributed by atoms with Crippen LogP contribution in [0.15, 0.2) is 24.3 Å². The van der Waals surface area contributed by atoms with Gasteiger partial charge < -0.3 is 10.1 Å². The Bertz CT molecular complexity index is 321. The predicted octanol–water partition coefficient (Wildman–Crippen LogP) is 4.53. The zero-order valence-corrected chi connectivity index (χ0v) is 12.7. The molecule has 1 aromatic rings. The fourth-order valence-corrected chi connectivity index (χ4v) is 2.19. The minimum Gasteiger partial charge on any atom is -0.497 e. The Balaban J connectivity index is 2.13. The highest BCUT2D eigenvalue weighted by Crippen LogP contribution is 2.12. The maximum Gasteiger partial charge on any atom is 0.118 e.